The molecule has 1 aromatic rings. The van der Waals surface area contributed by atoms with Crippen LogP contribution in [0.5, 0.6) is 0 Å². The highest BCUT2D eigenvalue weighted by Gasteiger charge is 1.97. The Morgan fingerprint density at radius 3 is 2.82 bits per heavy atom. The maximum Gasteiger partial charge on any atom is 0.0994 e. The Balaban J connectivity index is 2.95. The summed E-state index contributed by atoms with van der Waals surface area (Å²) in [6.45, 7) is 1.99. The lowest BCUT2D eigenvalue weighted by molar-refractivity contribution is 1.13. The molecule has 55 valence electrons. The van der Waals surface area contributed by atoms with Crippen molar-refractivity contribution in [2.75, 3.05) is 0 Å². The Bertz CT molecular complexity index is 270. The molecule has 11 heavy (non-hydrogen) atoms. The summed E-state index contributed by atoms with van der Waals surface area (Å²) in [5.74, 6) is 0. The number of nitrogens with zero attached hydrogens (tertiary/aromatic N) is 1. The molecule has 0 saturated carbocycles. The van der Waals surface area contributed by atoms with E-state index in [-0.39, 0.29) is 0 Å². The number of nitriles is 1. The van der Waals surface area contributed by atoms with E-state index in [0.717, 1.165) is 17.5 Å². The number of hydrogen-bond acceptors (Lipinski definition) is 1. The molecule has 0 saturated heterocycles. The summed E-state index contributed by atoms with van der Waals surface area (Å²) < 4.78 is 0. The minimum atomic E-state index is 0.783. The van der Waals surface area contributed by atoms with Crippen LogP contribution in [-0.2, 0) is 6.42 Å². The van der Waals surface area contributed by atoms with Gasteiger partial charge >= 0.3 is 0 Å². The molecule has 1 heteroatoms. The third-order valence-corrected chi connectivity index (χ3v) is 1.56. The predicted molar refractivity (Wildman–Crippen MR) is 44.8 cm³/mol. The van der Waals surface area contributed by atoms with Crippen molar-refractivity contribution in [1.29, 1.82) is 5.26 Å². The molecule has 0 unspecified atom stereocenters. The van der Waals surface area contributed by atoms with E-state index in [1.807, 2.05) is 31.2 Å². The van der Waals surface area contributed by atoms with Crippen LogP contribution in [-0.4, -0.2) is 0 Å². The number of hydrogen-bond donors (Lipinski definition) is 0. The van der Waals surface area contributed by atoms with E-state index in [2.05, 4.69) is 12.5 Å². The van der Waals surface area contributed by atoms with Crippen molar-refractivity contribution in [1.82, 2.24) is 0 Å². The van der Waals surface area contributed by atoms with Gasteiger partial charge in [0.2, 0.25) is 0 Å². The molecule has 1 aromatic carbocycles. The minimum absolute atomic E-state index is 0.783. The molecule has 0 bridgehead atoms. The molecular weight excluding hydrogens is 134 g/mol. The summed E-state index contributed by atoms with van der Waals surface area (Å²) in [6.07, 6.45) is 2.93. The maximum absolute atomic E-state index is 8.68. The van der Waals surface area contributed by atoms with Gasteiger partial charge in [-0.3, -0.25) is 0 Å². The van der Waals surface area contributed by atoms with Crippen LogP contribution in [0.1, 0.15) is 18.1 Å². The van der Waals surface area contributed by atoms with E-state index in [1.165, 1.54) is 0 Å². The first-order chi connectivity index (χ1) is 5.38. The Labute approximate surface area is 67.3 Å². The van der Waals surface area contributed by atoms with Crippen molar-refractivity contribution in [3.63, 3.8) is 0 Å². The molecule has 0 N–H and O–H groups in total. The summed E-state index contributed by atoms with van der Waals surface area (Å²) in [6, 6.07) is 9.84. The summed E-state index contributed by atoms with van der Waals surface area (Å²) >= 11 is 0. The van der Waals surface area contributed by atoms with E-state index in [0.29, 0.717) is 0 Å². The minimum Gasteiger partial charge on any atom is -0.192 e. The molecule has 1 rings (SSSR count). The van der Waals surface area contributed by atoms with Gasteiger partial charge in [-0.2, -0.15) is 5.26 Å². The third kappa shape index (κ3) is 1.81. The SMILES string of the molecule is C[CH]Cc1ccccc1C#N. The highest BCUT2D eigenvalue weighted by Crippen LogP contribution is 2.08. The van der Waals surface area contributed by atoms with E-state index in [9.17, 15) is 0 Å². The average molecular weight is 144 g/mol. The Morgan fingerprint density at radius 2 is 2.18 bits per heavy atom. The molecule has 0 aliphatic rings. The molecule has 0 atom stereocenters. The standard InChI is InChI=1S/C10H10N/c1-2-5-9-6-3-4-7-10(9)8-11/h2-4,6-7H,5H2,1H3. The highest BCUT2D eigenvalue weighted by atomic mass is 14.2. The lowest BCUT2D eigenvalue weighted by Crippen LogP contribution is -1.87. The second-order valence-corrected chi connectivity index (χ2v) is 2.38. The van der Waals surface area contributed by atoms with E-state index >= 15 is 0 Å². The maximum atomic E-state index is 8.68. The zero-order valence-electron chi connectivity index (χ0n) is 6.54. The largest absolute Gasteiger partial charge is 0.192 e. The fourth-order valence-corrected chi connectivity index (χ4v) is 1.03. The van der Waals surface area contributed by atoms with Gasteiger partial charge in [-0.1, -0.05) is 25.1 Å². The van der Waals surface area contributed by atoms with Crippen LogP contribution in [0.3, 0.4) is 0 Å². The van der Waals surface area contributed by atoms with Gasteiger partial charge in [-0.15, -0.1) is 0 Å². The quantitative estimate of drug-likeness (QED) is 0.625. The highest BCUT2D eigenvalue weighted by molar-refractivity contribution is 5.37. The lowest BCUT2D eigenvalue weighted by Gasteiger charge is -1.98. The molecule has 0 aliphatic carbocycles. The van der Waals surface area contributed by atoms with Gasteiger partial charge in [0.15, 0.2) is 0 Å². The topological polar surface area (TPSA) is 23.8 Å². The van der Waals surface area contributed by atoms with Gasteiger partial charge in [0.25, 0.3) is 0 Å². The van der Waals surface area contributed by atoms with E-state index < -0.39 is 0 Å². The van der Waals surface area contributed by atoms with Crippen LogP contribution < -0.4 is 0 Å². The van der Waals surface area contributed by atoms with Crippen molar-refractivity contribution < 1.29 is 0 Å². The van der Waals surface area contributed by atoms with Crippen molar-refractivity contribution >= 4 is 0 Å². The molecule has 0 fully saturated rings. The van der Waals surface area contributed by atoms with Gasteiger partial charge in [-0.25, -0.2) is 0 Å². The summed E-state index contributed by atoms with van der Waals surface area (Å²) in [4.78, 5) is 0. The fourth-order valence-electron chi connectivity index (χ4n) is 1.03. The zero-order valence-corrected chi connectivity index (χ0v) is 6.54. The summed E-state index contributed by atoms with van der Waals surface area (Å²) in [5.41, 5.74) is 1.89. The van der Waals surface area contributed by atoms with Crippen molar-refractivity contribution in [2.45, 2.75) is 13.3 Å². The molecule has 0 heterocycles. The van der Waals surface area contributed by atoms with E-state index in [4.69, 9.17) is 5.26 Å². The van der Waals surface area contributed by atoms with Crippen LogP contribution in [0.2, 0.25) is 0 Å². The molecular formula is C10H10N. The Morgan fingerprint density at radius 1 is 1.45 bits per heavy atom. The van der Waals surface area contributed by atoms with Gasteiger partial charge in [0.1, 0.15) is 0 Å². The van der Waals surface area contributed by atoms with Crippen LogP contribution in [0, 0.1) is 17.8 Å². The monoisotopic (exact) mass is 144 g/mol. The zero-order chi connectivity index (χ0) is 8.10. The molecule has 1 nitrogen and oxygen atoms in total. The summed E-state index contributed by atoms with van der Waals surface area (Å²) in [7, 11) is 0. The fraction of sp³-hybridized carbons (Fsp3) is 0.200. The first kappa shape index (κ1) is 7.81. The van der Waals surface area contributed by atoms with Gasteiger partial charge in [-0.05, 0) is 24.5 Å². The van der Waals surface area contributed by atoms with Crippen molar-refractivity contribution in [3.8, 4) is 6.07 Å². The molecule has 1 radical (unpaired) electrons. The van der Waals surface area contributed by atoms with Gasteiger partial charge < -0.3 is 0 Å². The van der Waals surface area contributed by atoms with Crippen molar-refractivity contribution in [2.24, 2.45) is 0 Å². The van der Waals surface area contributed by atoms with Crippen molar-refractivity contribution in [3.05, 3.63) is 41.8 Å². The lowest BCUT2D eigenvalue weighted by atomic mass is 10.0. The molecule has 0 amide bonds. The number of rotatable bonds is 2. The normalized spacial score (nSPS) is 9.09. The Hall–Kier alpha value is -1.29. The molecule has 0 aromatic heterocycles. The second kappa shape index (κ2) is 3.78. The third-order valence-electron chi connectivity index (χ3n) is 1.56. The smallest absolute Gasteiger partial charge is 0.0994 e. The summed E-state index contributed by atoms with van der Waals surface area (Å²) in [5, 5.41) is 8.68. The molecule has 0 aliphatic heterocycles. The average Bonchev–Trinajstić information content (AvgIpc) is 2.06. The number of benzene rings is 1. The predicted octanol–water partition coefficient (Wildman–Crippen LogP) is 2.32. The second-order valence-electron chi connectivity index (χ2n) is 2.38. The van der Waals surface area contributed by atoms with E-state index in [1.54, 1.807) is 0 Å². The van der Waals surface area contributed by atoms with Gasteiger partial charge in [0.05, 0.1) is 11.6 Å². The Kier molecular flexibility index (Phi) is 2.68. The first-order valence-corrected chi connectivity index (χ1v) is 3.64. The molecule has 0 spiro atoms. The van der Waals surface area contributed by atoms with Gasteiger partial charge in [0, 0.05) is 0 Å². The first-order valence-electron chi connectivity index (χ1n) is 3.64. The van der Waals surface area contributed by atoms with Crippen LogP contribution in [0.25, 0.3) is 0 Å². The van der Waals surface area contributed by atoms with Crippen LogP contribution >= 0.6 is 0 Å². The van der Waals surface area contributed by atoms with Crippen LogP contribution in [0.15, 0.2) is 24.3 Å². The van der Waals surface area contributed by atoms with Crippen LogP contribution in [0.4, 0.5) is 0 Å².